The number of nitrogens with one attached hydrogen (secondary N) is 1. The molecule has 0 atom stereocenters. The second-order valence-corrected chi connectivity index (χ2v) is 8.61. The molecule has 5 rings (SSSR count). The number of hydrogen-bond acceptors (Lipinski definition) is 6. The zero-order chi connectivity index (χ0) is 24.7. The van der Waals surface area contributed by atoms with Gasteiger partial charge in [0.05, 0.1) is 16.9 Å². The molecule has 2 heterocycles. The van der Waals surface area contributed by atoms with Gasteiger partial charge in [-0.25, -0.2) is 9.48 Å². The zero-order valence-electron chi connectivity index (χ0n) is 20.0. The molecule has 3 aromatic carbocycles. The lowest BCUT2D eigenvalue weighted by Gasteiger charge is -2.26. The fraction of sp³-hybridized carbons (Fsp3) is 0.207. The maximum atomic E-state index is 13.9. The minimum Gasteiger partial charge on any atom is -0.460 e. The Morgan fingerprint density at radius 1 is 0.833 bits per heavy atom. The van der Waals surface area contributed by atoms with E-state index in [2.05, 4.69) is 15.3 Å². The lowest BCUT2D eigenvalue weighted by Crippen LogP contribution is -2.44. The monoisotopic (exact) mass is 480 g/mol. The lowest BCUT2D eigenvalue weighted by atomic mass is 9.97. The summed E-state index contributed by atoms with van der Waals surface area (Å²) in [7, 11) is 0. The second-order valence-electron chi connectivity index (χ2n) is 8.61. The molecule has 1 N–H and O–H groups in total. The van der Waals surface area contributed by atoms with Crippen molar-refractivity contribution in [3.8, 4) is 16.9 Å². The van der Waals surface area contributed by atoms with Gasteiger partial charge in [0.2, 0.25) is 0 Å². The van der Waals surface area contributed by atoms with Crippen molar-refractivity contribution in [2.75, 3.05) is 39.3 Å². The van der Waals surface area contributed by atoms with Crippen molar-refractivity contribution in [3.05, 3.63) is 108 Å². The number of piperazine rings is 1. The molecule has 0 radical (unpaired) electrons. The van der Waals surface area contributed by atoms with E-state index >= 15 is 0 Å². The largest absolute Gasteiger partial charge is 0.460 e. The van der Waals surface area contributed by atoms with Gasteiger partial charge in [0.1, 0.15) is 6.61 Å². The highest BCUT2D eigenvalue weighted by Crippen LogP contribution is 2.31. The highest BCUT2D eigenvalue weighted by Gasteiger charge is 2.31. The Hall–Kier alpha value is -4.07. The van der Waals surface area contributed by atoms with Gasteiger partial charge in [-0.2, -0.15) is 5.10 Å². The topological polar surface area (TPSA) is 76.5 Å². The van der Waals surface area contributed by atoms with Crippen LogP contribution in [-0.2, 0) is 4.74 Å². The Morgan fingerprint density at radius 2 is 1.44 bits per heavy atom. The van der Waals surface area contributed by atoms with E-state index in [0.29, 0.717) is 17.8 Å². The Balaban J connectivity index is 1.58. The third-order valence-corrected chi connectivity index (χ3v) is 6.24. The van der Waals surface area contributed by atoms with Crippen molar-refractivity contribution in [3.63, 3.8) is 0 Å². The second kappa shape index (κ2) is 11.1. The van der Waals surface area contributed by atoms with Crippen LogP contribution in [0.5, 0.6) is 0 Å². The minimum absolute atomic E-state index is 0.0203. The van der Waals surface area contributed by atoms with Crippen LogP contribution in [0.1, 0.15) is 26.4 Å². The molecule has 1 saturated heterocycles. The number of nitrogens with zero attached hydrogens (tertiary/aromatic N) is 3. The molecular weight excluding hydrogens is 452 g/mol. The van der Waals surface area contributed by atoms with Crippen molar-refractivity contribution in [2.24, 2.45) is 0 Å². The molecule has 0 saturated carbocycles. The van der Waals surface area contributed by atoms with Gasteiger partial charge in [-0.1, -0.05) is 78.9 Å². The van der Waals surface area contributed by atoms with Crippen LogP contribution in [0.25, 0.3) is 16.9 Å². The van der Waals surface area contributed by atoms with E-state index in [1.165, 1.54) is 0 Å². The van der Waals surface area contributed by atoms with Crippen molar-refractivity contribution in [1.82, 2.24) is 20.0 Å². The molecule has 1 aliphatic rings. The maximum Gasteiger partial charge on any atom is 0.359 e. The van der Waals surface area contributed by atoms with Gasteiger partial charge in [0.15, 0.2) is 11.5 Å². The average molecular weight is 481 g/mol. The molecule has 0 amide bonds. The van der Waals surface area contributed by atoms with Crippen molar-refractivity contribution < 1.29 is 14.3 Å². The molecule has 36 heavy (non-hydrogen) atoms. The van der Waals surface area contributed by atoms with Crippen molar-refractivity contribution >= 4 is 11.8 Å². The van der Waals surface area contributed by atoms with Crippen LogP contribution in [0.2, 0.25) is 0 Å². The number of para-hydroxylation sites is 1. The first-order valence-electron chi connectivity index (χ1n) is 12.2. The highest BCUT2D eigenvalue weighted by molar-refractivity contribution is 6.17. The summed E-state index contributed by atoms with van der Waals surface area (Å²) >= 11 is 0. The number of ether oxygens (including phenoxy) is 1. The lowest BCUT2D eigenvalue weighted by molar-refractivity contribution is 0.0446. The maximum absolute atomic E-state index is 13.9. The molecule has 0 spiro atoms. The van der Waals surface area contributed by atoms with Crippen molar-refractivity contribution in [2.45, 2.75) is 0 Å². The minimum atomic E-state index is -0.601. The number of ketones is 1. The normalized spacial score (nSPS) is 13.9. The van der Waals surface area contributed by atoms with Crippen LogP contribution in [0, 0.1) is 0 Å². The van der Waals surface area contributed by atoms with Crippen LogP contribution < -0.4 is 5.32 Å². The molecule has 7 heteroatoms. The Kier molecular flexibility index (Phi) is 7.30. The van der Waals surface area contributed by atoms with Crippen LogP contribution >= 0.6 is 0 Å². The van der Waals surface area contributed by atoms with Gasteiger partial charge in [-0.3, -0.25) is 9.69 Å². The standard InChI is InChI=1S/C29H28N4O3/c34-28(23-12-6-2-7-13-23)25-26(29(35)36-21-20-32-18-16-30-17-19-32)31-33(24-14-8-3-9-15-24)27(25)22-10-4-1-5-11-22/h1-15,30H,16-21H2. The molecule has 0 unspecified atom stereocenters. The molecule has 1 fully saturated rings. The fourth-order valence-electron chi connectivity index (χ4n) is 4.40. The van der Waals surface area contributed by atoms with Gasteiger partial charge in [-0.05, 0) is 12.1 Å². The summed E-state index contributed by atoms with van der Waals surface area (Å²) in [5.74, 6) is -0.873. The van der Waals surface area contributed by atoms with Crippen LogP contribution in [0.15, 0.2) is 91.0 Å². The SMILES string of the molecule is O=C(OCCN1CCNCC1)c1nn(-c2ccccc2)c(-c2ccccc2)c1C(=O)c1ccccc1. The first-order chi connectivity index (χ1) is 17.7. The van der Waals surface area contributed by atoms with E-state index in [0.717, 1.165) is 37.4 Å². The predicted molar refractivity (Wildman–Crippen MR) is 138 cm³/mol. The van der Waals surface area contributed by atoms with E-state index in [4.69, 9.17) is 4.74 Å². The van der Waals surface area contributed by atoms with Gasteiger partial charge >= 0.3 is 5.97 Å². The summed E-state index contributed by atoms with van der Waals surface area (Å²) < 4.78 is 7.33. The Bertz CT molecular complexity index is 1310. The number of carbonyl (C=O) groups is 2. The summed E-state index contributed by atoms with van der Waals surface area (Å²) in [6, 6.07) is 28.0. The van der Waals surface area contributed by atoms with E-state index in [9.17, 15) is 9.59 Å². The van der Waals surface area contributed by atoms with Gasteiger partial charge < -0.3 is 10.1 Å². The summed E-state index contributed by atoms with van der Waals surface area (Å²) in [5.41, 5.74) is 2.84. The highest BCUT2D eigenvalue weighted by atomic mass is 16.5. The molecule has 0 bridgehead atoms. The third kappa shape index (κ3) is 5.12. The summed E-state index contributed by atoms with van der Waals surface area (Å²) in [4.78, 5) is 29.5. The summed E-state index contributed by atoms with van der Waals surface area (Å²) in [6.07, 6.45) is 0. The molecule has 4 aromatic rings. The van der Waals surface area contributed by atoms with Crippen molar-refractivity contribution in [1.29, 1.82) is 0 Å². The number of esters is 1. The quantitative estimate of drug-likeness (QED) is 0.305. The van der Waals surface area contributed by atoms with Crippen LogP contribution in [-0.4, -0.2) is 65.8 Å². The molecule has 182 valence electrons. The van der Waals surface area contributed by atoms with Gasteiger partial charge in [0.25, 0.3) is 0 Å². The van der Waals surface area contributed by atoms with E-state index in [1.807, 2.05) is 78.9 Å². The summed E-state index contributed by atoms with van der Waals surface area (Å²) in [5, 5.41) is 7.98. The number of rotatable bonds is 8. The number of benzene rings is 3. The number of aromatic nitrogens is 2. The smallest absolute Gasteiger partial charge is 0.359 e. The molecule has 1 aromatic heterocycles. The number of carbonyl (C=O) groups excluding carboxylic acids is 2. The van der Waals surface area contributed by atoms with Gasteiger partial charge in [0, 0.05) is 43.9 Å². The average Bonchev–Trinajstić information content (AvgIpc) is 3.35. The first kappa shape index (κ1) is 23.7. The van der Waals surface area contributed by atoms with E-state index in [1.54, 1.807) is 16.8 Å². The van der Waals surface area contributed by atoms with Crippen LogP contribution in [0.4, 0.5) is 0 Å². The first-order valence-corrected chi connectivity index (χ1v) is 12.2. The molecular formula is C29H28N4O3. The number of hydrogen-bond donors (Lipinski definition) is 1. The molecule has 1 aliphatic heterocycles. The molecule has 7 nitrogen and oxygen atoms in total. The van der Waals surface area contributed by atoms with Crippen LogP contribution in [0.3, 0.4) is 0 Å². The Labute approximate surface area is 210 Å². The Morgan fingerprint density at radius 3 is 2.11 bits per heavy atom. The molecule has 0 aliphatic carbocycles. The fourth-order valence-corrected chi connectivity index (χ4v) is 4.40. The predicted octanol–water partition coefficient (Wildman–Crippen LogP) is 3.83. The summed E-state index contributed by atoms with van der Waals surface area (Å²) in [6.45, 7) is 4.54. The van der Waals surface area contributed by atoms with E-state index in [-0.39, 0.29) is 23.6 Å². The van der Waals surface area contributed by atoms with E-state index < -0.39 is 5.97 Å². The zero-order valence-corrected chi connectivity index (χ0v) is 20.0. The van der Waals surface area contributed by atoms with Gasteiger partial charge in [-0.15, -0.1) is 0 Å². The third-order valence-electron chi connectivity index (χ3n) is 6.24.